The molecule has 0 saturated carbocycles. The molecule has 0 aliphatic rings. The fraction of sp³-hybridized carbons (Fsp3) is 0.214. The van der Waals surface area contributed by atoms with E-state index in [9.17, 15) is 9.59 Å². The largest absolute Gasteiger partial charge is 0.468 e. The van der Waals surface area contributed by atoms with Crippen LogP contribution < -0.4 is 0 Å². The maximum atomic E-state index is 12.4. The molecule has 0 unspecified atom stereocenters. The lowest BCUT2D eigenvalue weighted by atomic mass is 10.1. The van der Waals surface area contributed by atoms with Crippen molar-refractivity contribution in [2.45, 2.75) is 0 Å². The van der Waals surface area contributed by atoms with E-state index in [2.05, 4.69) is 9.72 Å². The number of methoxy groups -OCH3 is 1. The van der Waals surface area contributed by atoms with E-state index >= 15 is 0 Å². The van der Waals surface area contributed by atoms with Crippen LogP contribution >= 0.6 is 11.6 Å². The molecule has 5 nitrogen and oxygen atoms in total. The molecule has 2 aromatic rings. The van der Waals surface area contributed by atoms with Gasteiger partial charge in [-0.3, -0.25) is 9.59 Å². The molecule has 0 bridgehead atoms. The normalized spacial score (nSPS) is 10.3. The number of fused-ring (bicyclic) bond motifs is 1. The Balaban J connectivity index is 2.40. The third-order valence-corrected chi connectivity index (χ3v) is 3.22. The van der Waals surface area contributed by atoms with Crippen molar-refractivity contribution in [1.82, 2.24) is 9.88 Å². The van der Waals surface area contributed by atoms with Gasteiger partial charge in [-0.1, -0.05) is 35.9 Å². The third kappa shape index (κ3) is 2.72. The number of carbonyl (C=O) groups is 2. The summed E-state index contributed by atoms with van der Waals surface area (Å²) in [6, 6.07) is 7.22. The molecular formula is C14H13ClN2O3. The molecule has 0 radical (unpaired) electrons. The number of aromatic nitrogens is 1. The number of carbonyl (C=O) groups excluding carboxylic acids is 2. The molecule has 1 aromatic heterocycles. The number of benzene rings is 1. The quantitative estimate of drug-likeness (QED) is 0.642. The summed E-state index contributed by atoms with van der Waals surface area (Å²) in [7, 11) is 2.81. The maximum Gasteiger partial charge on any atom is 0.325 e. The number of hydrogen-bond acceptors (Lipinski definition) is 4. The first-order valence-corrected chi connectivity index (χ1v) is 6.28. The van der Waals surface area contributed by atoms with Crippen LogP contribution in [0.2, 0.25) is 5.15 Å². The molecule has 0 aliphatic heterocycles. The van der Waals surface area contributed by atoms with Crippen molar-refractivity contribution >= 4 is 34.2 Å². The van der Waals surface area contributed by atoms with E-state index in [1.54, 1.807) is 12.1 Å². The van der Waals surface area contributed by atoms with Gasteiger partial charge in [0.15, 0.2) is 0 Å². The second-order valence-corrected chi connectivity index (χ2v) is 4.60. The van der Waals surface area contributed by atoms with Crippen LogP contribution in [0.15, 0.2) is 30.5 Å². The standard InChI is InChI=1S/C14H13ClN2O3/c1-17(8-12(18)20-2)14(19)11-7-16-13(15)10-6-4-3-5-9(10)11/h3-7H,8H2,1-2H3. The maximum absolute atomic E-state index is 12.4. The predicted octanol–water partition coefficient (Wildman–Crippen LogP) is 2.13. The number of halogens is 1. The summed E-state index contributed by atoms with van der Waals surface area (Å²) in [6.07, 6.45) is 1.42. The van der Waals surface area contributed by atoms with Crippen molar-refractivity contribution in [2.75, 3.05) is 20.7 Å². The highest BCUT2D eigenvalue weighted by Gasteiger charge is 2.18. The molecule has 0 N–H and O–H groups in total. The zero-order valence-corrected chi connectivity index (χ0v) is 11.8. The van der Waals surface area contributed by atoms with E-state index in [1.807, 2.05) is 12.1 Å². The van der Waals surface area contributed by atoms with Gasteiger partial charge in [0, 0.05) is 18.6 Å². The molecular weight excluding hydrogens is 280 g/mol. The average Bonchev–Trinajstić information content (AvgIpc) is 2.47. The van der Waals surface area contributed by atoms with Crippen LogP contribution in [0.5, 0.6) is 0 Å². The first kappa shape index (κ1) is 14.3. The molecule has 1 heterocycles. The van der Waals surface area contributed by atoms with E-state index in [0.717, 1.165) is 0 Å². The Morgan fingerprint density at radius 1 is 1.30 bits per heavy atom. The van der Waals surface area contributed by atoms with Gasteiger partial charge in [0.25, 0.3) is 5.91 Å². The summed E-state index contributed by atoms with van der Waals surface area (Å²) < 4.78 is 4.54. The van der Waals surface area contributed by atoms with Crippen molar-refractivity contribution in [3.8, 4) is 0 Å². The smallest absolute Gasteiger partial charge is 0.325 e. The van der Waals surface area contributed by atoms with Crippen LogP contribution in [0.3, 0.4) is 0 Å². The molecule has 0 atom stereocenters. The Bertz CT molecular complexity index is 673. The van der Waals surface area contributed by atoms with Crippen LogP contribution in [-0.4, -0.2) is 42.5 Å². The lowest BCUT2D eigenvalue weighted by Gasteiger charge is -2.16. The highest BCUT2D eigenvalue weighted by atomic mass is 35.5. The summed E-state index contributed by atoms with van der Waals surface area (Å²) in [5, 5.41) is 1.74. The van der Waals surface area contributed by atoms with Crippen LogP contribution in [0.25, 0.3) is 10.8 Å². The first-order chi connectivity index (χ1) is 9.54. The Hall–Kier alpha value is -2.14. The number of hydrogen-bond donors (Lipinski definition) is 0. The van der Waals surface area contributed by atoms with Gasteiger partial charge in [-0.05, 0) is 5.39 Å². The summed E-state index contributed by atoms with van der Waals surface area (Å²) >= 11 is 6.01. The van der Waals surface area contributed by atoms with Crippen LogP contribution in [0.1, 0.15) is 10.4 Å². The van der Waals surface area contributed by atoms with E-state index < -0.39 is 5.97 Å². The molecule has 2 rings (SSSR count). The van der Waals surface area contributed by atoms with Crippen molar-refractivity contribution in [2.24, 2.45) is 0 Å². The molecule has 0 aliphatic carbocycles. The van der Waals surface area contributed by atoms with Crippen LogP contribution in [0, 0.1) is 0 Å². The van der Waals surface area contributed by atoms with Crippen molar-refractivity contribution in [3.63, 3.8) is 0 Å². The van der Waals surface area contributed by atoms with E-state index in [1.165, 1.54) is 25.3 Å². The summed E-state index contributed by atoms with van der Waals surface area (Å²) in [5.41, 5.74) is 0.399. The fourth-order valence-electron chi connectivity index (χ4n) is 1.86. The average molecular weight is 293 g/mol. The van der Waals surface area contributed by atoms with Crippen LogP contribution in [-0.2, 0) is 9.53 Å². The van der Waals surface area contributed by atoms with Gasteiger partial charge in [0.05, 0.1) is 12.7 Å². The van der Waals surface area contributed by atoms with Gasteiger partial charge in [0.1, 0.15) is 11.7 Å². The Morgan fingerprint density at radius 3 is 2.60 bits per heavy atom. The molecule has 1 amide bonds. The SMILES string of the molecule is COC(=O)CN(C)C(=O)c1cnc(Cl)c2ccccc12. The molecule has 0 fully saturated rings. The summed E-state index contributed by atoms with van der Waals surface area (Å²) in [5.74, 6) is -0.789. The minimum absolute atomic E-state index is 0.119. The summed E-state index contributed by atoms with van der Waals surface area (Å²) in [6.45, 7) is -0.119. The molecule has 6 heteroatoms. The van der Waals surface area contributed by atoms with Gasteiger partial charge >= 0.3 is 5.97 Å². The zero-order valence-electron chi connectivity index (χ0n) is 11.1. The molecule has 0 spiro atoms. The van der Waals surface area contributed by atoms with Gasteiger partial charge in [-0.2, -0.15) is 0 Å². The highest BCUT2D eigenvalue weighted by Crippen LogP contribution is 2.24. The number of esters is 1. The van der Waals surface area contributed by atoms with Gasteiger partial charge in [-0.25, -0.2) is 4.98 Å². The van der Waals surface area contributed by atoms with Gasteiger partial charge in [-0.15, -0.1) is 0 Å². The van der Waals surface area contributed by atoms with Gasteiger partial charge < -0.3 is 9.64 Å². The number of pyridine rings is 1. The second kappa shape index (κ2) is 5.88. The van der Waals surface area contributed by atoms with Crippen LogP contribution in [0.4, 0.5) is 0 Å². The topological polar surface area (TPSA) is 59.5 Å². The van der Waals surface area contributed by atoms with E-state index in [-0.39, 0.29) is 12.5 Å². The molecule has 0 saturated heterocycles. The van der Waals surface area contributed by atoms with Crippen molar-refractivity contribution in [3.05, 3.63) is 41.2 Å². The number of likely N-dealkylation sites (N-methyl/N-ethyl adjacent to an activating group) is 1. The highest BCUT2D eigenvalue weighted by molar-refractivity contribution is 6.34. The van der Waals surface area contributed by atoms with Gasteiger partial charge in [0.2, 0.25) is 0 Å². The zero-order chi connectivity index (χ0) is 14.7. The van der Waals surface area contributed by atoms with E-state index in [4.69, 9.17) is 11.6 Å². The Kier molecular flexibility index (Phi) is 4.20. The number of amides is 1. The monoisotopic (exact) mass is 292 g/mol. The van der Waals surface area contributed by atoms with Crippen molar-refractivity contribution in [1.29, 1.82) is 0 Å². The second-order valence-electron chi connectivity index (χ2n) is 4.25. The Labute approximate surface area is 121 Å². The predicted molar refractivity (Wildman–Crippen MR) is 75.7 cm³/mol. The summed E-state index contributed by atoms with van der Waals surface area (Å²) in [4.78, 5) is 28.9. The van der Waals surface area contributed by atoms with Crippen molar-refractivity contribution < 1.29 is 14.3 Å². The number of nitrogens with zero attached hydrogens (tertiary/aromatic N) is 2. The first-order valence-electron chi connectivity index (χ1n) is 5.90. The van der Waals surface area contributed by atoms with E-state index in [0.29, 0.717) is 21.5 Å². The minimum atomic E-state index is -0.480. The third-order valence-electron chi connectivity index (χ3n) is 2.92. The molecule has 104 valence electrons. The Morgan fingerprint density at radius 2 is 1.95 bits per heavy atom. The molecule has 1 aromatic carbocycles. The lowest BCUT2D eigenvalue weighted by Crippen LogP contribution is -2.32. The molecule has 20 heavy (non-hydrogen) atoms. The lowest BCUT2D eigenvalue weighted by molar-refractivity contribution is -0.141. The fourth-order valence-corrected chi connectivity index (χ4v) is 2.08. The number of ether oxygens (including phenoxy) is 1. The number of rotatable bonds is 3. The minimum Gasteiger partial charge on any atom is -0.468 e.